The zero-order valence-corrected chi connectivity index (χ0v) is 22.9. The highest BCUT2D eigenvalue weighted by atomic mass is 16.5. The van der Waals surface area contributed by atoms with E-state index in [9.17, 15) is 0 Å². The van der Waals surface area contributed by atoms with E-state index >= 15 is 0 Å². The molecule has 7 atom stereocenters. The maximum atomic E-state index is 5.96. The smallest absolute Gasteiger partial charge is 0.0572 e. The van der Waals surface area contributed by atoms with Gasteiger partial charge in [-0.05, 0) is 18.8 Å². The molecule has 5 nitrogen and oxygen atoms in total. The first kappa shape index (κ1) is 31.8. The molecule has 0 spiro atoms. The molecular formula is C27H56O5. The Bertz CT molecular complexity index is 406. The van der Waals surface area contributed by atoms with Crippen LogP contribution in [0.15, 0.2) is 0 Å². The number of hydrogen-bond donors (Lipinski definition) is 0. The Morgan fingerprint density at radius 1 is 0.406 bits per heavy atom. The van der Waals surface area contributed by atoms with Gasteiger partial charge in [-0.15, -0.1) is 0 Å². The third-order valence-corrected chi connectivity index (χ3v) is 6.00. The molecular weight excluding hydrogens is 404 g/mol. The average molecular weight is 461 g/mol. The molecule has 0 aliphatic rings. The molecule has 0 aromatic carbocycles. The lowest BCUT2D eigenvalue weighted by atomic mass is 10.0. The first-order valence-electron chi connectivity index (χ1n) is 13.1. The van der Waals surface area contributed by atoms with Crippen molar-refractivity contribution >= 4 is 0 Å². The van der Waals surface area contributed by atoms with Crippen molar-refractivity contribution in [2.24, 2.45) is 35.5 Å². The van der Waals surface area contributed by atoms with E-state index < -0.39 is 0 Å². The van der Waals surface area contributed by atoms with Gasteiger partial charge < -0.3 is 23.7 Å². The van der Waals surface area contributed by atoms with Crippen molar-refractivity contribution < 1.29 is 23.7 Å². The van der Waals surface area contributed by atoms with E-state index in [4.69, 9.17) is 23.7 Å². The van der Waals surface area contributed by atoms with Gasteiger partial charge in [0.15, 0.2) is 0 Å². The zero-order valence-electron chi connectivity index (χ0n) is 22.9. The fourth-order valence-electron chi connectivity index (χ4n) is 3.00. The molecule has 0 bridgehead atoms. The van der Waals surface area contributed by atoms with Crippen LogP contribution in [0.3, 0.4) is 0 Å². The minimum Gasteiger partial charge on any atom is -0.381 e. The first-order valence-corrected chi connectivity index (χ1v) is 13.1. The molecule has 0 amide bonds. The standard InChI is InChI=1S/C27H56O5/c1-10-21(3)12-28-13-22(4)14-29-15-23(5)16-30-17-24(6)18-31-19-25(7)20-32-27(9)26(8)11-2/h21-27H,10-20H2,1-9H3. The van der Waals surface area contributed by atoms with Crippen LogP contribution in [-0.4, -0.2) is 65.6 Å². The lowest BCUT2D eigenvalue weighted by Crippen LogP contribution is -2.24. The third kappa shape index (κ3) is 18.3. The summed E-state index contributed by atoms with van der Waals surface area (Å²) in [6, 6.07) is 0. The fraction of sp³-hybridized carbons (Fsp3) is 1.00. The molecule has 0 radical (unpaired) electrons. The van der Waals surface area contributed by atoms with Crippen molar-refractivity contribution in [3.63, 3.8) is 0 Å². The predicted octanol–water partition coefficient (Wildman–Crippen LogP) is 6.09. The summed E-state index contributed by atoms with van der Waals surface area (Å²) >= 11 is 0. The topological polar surface area (TPSA) is 46.2 Å². The first-order chi connectivity index (χ1) is 15.2. The van der Waals surface area contributed by atoms with Crippen LogP contribution in [0.2, 0.25) is 0 Å². The molecule has 32 heavy (non-hydrogen) atoms. The van der Waals surface area contributed by atoms with Crippen LogP contribution in [0.4, 0.5) is 0 Å². The SMILES string of the molecule is CCC(C)COCC(C)COCC(C)COCC(C)COCC(C)COC(C)C(C)CC. The summed E-state index contributed by atoms with van der Waals surface area (Å²) < 4.78 is 29.3. The van der Waals surface area contributed by atoms with Gasteiger partial charge in [0.05, 0.1) is 59.0 Å². The van der Waals surface area contributed by atoms with Crippen LogP contribution < -0.4 is 0 Å². The van der Waals surface area contributed by atoms with Crippen LogP contribution >= 0.6 is 0 Å². The Labute approximate surface area is 200 Å². The number of ether oxygens (including phenoxy) is 5. The van der Waals surface area contributed by atoms with E-state index in [1.807, 2.05) is 0 Å². The van der Waals surface area contributed by atoms with Crippen molar-refractivity contribution in [3.8, 4) is 0 Å². The molecule has 0 fully saturated rings. The van der Waals surface area contributed by atoms with E-state index in [-0.39, 0.29) is 0 Å². The van der Waals surface area contributed by atoms with Crippen molar-refractivity contribution in [2.75, 3.05) is 59.5 Å². The molecule has 0 aromatic heterocycles. The summed E-state index contributed by atoms with van der Waals surface area (Å²) in [7, 11) is 0. The highest BCUT2D eigenvalue weighted by Crippen LogP contribution is 2.12. The molecule has 0 N–H and O–H groups in total. The van der Waals surface area contributed by atoms with E-state index in [1.54, 1.807) is 0 Å². The second-order valence-corrected chi connectivity index (χ2v) is 10.5. The maximum Gasteiger partial charge on any atom is 0.0572 e. The molecule has 0 heterocycles. The highest BCUT2D eigenvalue weighted by molar-refractivity contribution is 4.61. The third-order valence-electron chi connectivity index (χ3n) is 6.00. The number of hydrogen-bond acceptors (Lipinski definition) is 5. The van der Waals surface area contributed by atoms with Crippen LogP contribution in [0, 0.1) is 35.5 Å². The summed E-state index contributed by atoms with van der Waals surface area (Å²) in [5.41, 5.74) is 0. The van der Waals surface area contributed by atoms with Gasteiger partial charge in [-0.1, -0.05) is 68.2 Å². The molecule has 194 valence electrons. The summed E-state index contributed by atoms with van der Waals surface area (Å²) in [4.78, 5) is 0. The van der Waals surface area contributed by atoms with Crippen molar-refractivity contribution in [3.05, 3.63) is 0 Å². The minimum atomic E-state index is 0.312. The molecule has 5 heteroatoms. The molecule has 0 aliphatic heterocycles. The minimum absolute atomic E-state index is 0.312. The van der Waals surface area contributed by atoms with Gasteiger partial charge in [0.2, 0.25) is 0 Å². The molecule has 0 rings (SSSR count). The van der Waals surface area contributed by atoms with Gasteiger partial charge >= 0.3 is 0 Å². The number of rotatable bonds is 22. The molecule has 0 aromatic rings. The fourth-order valence-corrected chi connectivity index (χ4v) is 3.00. The Morgan fingerprint density at radius 3 is 1.03 bits per heavy atom. The van der Waals surface area contributed by atoms with Gasteiger partial charge in [0.1, 0.15) is 0 Å². The van der Waals surface area contributed by atoms with Crippen molar-refractivity contribution in [2.45, 2.75) is 81.3 Å². The van der Waals surface area contributed by atoms with Gasteiger partial charge in [0, 0.05) is 30.3 Å². The molecule has 0 aliphatic carbocycles. The molecule has 0 saturated heterocycles. The van der Waals surface area contributed by atoms with E-state index in [0.717, 1.165) is 65.9 Å². The van der Waals surface area contributed by atoms with Crippen LogP contribution in [0.5, 0.6) is 0 Å². The Hall–Kier alpha value is -0.200. The van der Waals surface area contributed by atoms with Gasteiger partial charge in [-0.25, -0.2) is 0 Å². The van der Waals surface area contributed by atoms with Gasteiger partial charge in [-0.3, -0.25) is 0 Å². The quantitative estimate of drug-likeness (QED) is 0.195. The van der Waals surface area contributed by atoms with Crippen LogP contribution in [-0.2, 0) is 23.7 Å². The van der Waals surface area contributed by atoms with Gasteiger partial charge in [-0.2, -0.15) is 0 Å². The summed E-state index contributed by atoms with van der Waals surface area (Å²) in [5, 5.41) is 0. The molecule has 0 saturated carbocycles. The Kier molecular flexibility index (Phi) is 20.1. The van der Waals surface area contributed by atoms with E-state index in [2.05, 4.69) is 62.3 Å². The summed E-state index contributed by atoms with van der Waals surface area (Å²) in [5.74, 6) is 2.85. The summed E-state index contributed by atoms with van der Waals surface area (Å²) in [6.07, 6.45) is 2.63. The largest absolute Gasteiger partial charge is 0.381 e. The van der Waals surface area contributed by atoms with Crippen LogP contribution in [0.1, 0.15) is 75.2 Å². The van der Waals surface area contributed by atoms with Crippen molar-refractivity contribution in [1.29, 1.82) is 0 Å². The lowest BCUT2D eigenvalue weighted by molar-refractivity contribution is -0.0232. The van der Waals surface area contributed by atoms with Gasteiger partial charge in [0.25, 0.3) is 0 Å². The zero-order chi connectivity index (χ0) is 24.4. The average Bonchev–Trinajstić information content (AvgIpc) is 2.76. The second kappa shape index (κ2) is 20.2. The Morgan fingerprint density at radius 2 is 0.719 bits per heavy atom. The van der Waals surface area contributed by atoms with E-state index in [0.29, 0.717) is 41.6 Å². The predicted molar refractivity (Wildman–Crippen MR) is 134 cm³/mol. The summed E-state index contributed by atoms with van der Waals surface area (Å²) in [6.45, 7) is 26.5. The van der Waals surface area contributed by atoms with E-state index in [1.165, 1.54) is 6.42 Å². The Balaban J connectivity index is 3.67. The van der Waals surface area contributed by atoms with Crippen LogP contribution in [0.25, 0.3) is 0 Å². The lowest BCUT2D eigenvalue weighted by Gasteiger charge is -2.22. The normalized spacial score (nSPS) is 18.7. The molecule has 7 unspecified atom stereocenters. The monoisotopic (exact) mass is 460 g/mol. The second-order valence-electron chi connectivity index (χ2n) is 10.5. The highest BCUT2D eigenvalue weighted by Gasteiger charge is 2.13. The van der Waals surface area contributed by atoms with Crippen molar-refractivity contribution in [1.82, 2.24) is 0 Å². The maximum absolute atomic E-state index is 5.96.